The number of benzene rings is 2. The monoisotopic (exact) mass is 419 g/mol. The molecule has 1 aliphatic heterocycles. The molecule has 0 amide bonds. The van der Waals surface area contributed by atoms with Gasteiger partial charge in [-0.05, 0) is 54.5 Å². The Balaban J connectivity index is 1.81. The predicted octanol–water partition coefficient (Wildman–Crippen LogP) is 6.20. The van der Waals surface area contributed by atoms with E-state index in [1.807, 2.05) is 55.5 Å². The van der Waals surface area contributed by atoms with E-state index in [-0.39, 0.29) is 22.9 Å². The summed E-state index contributed by atoms with van der Waals surface area (Å²) in [6.45, 7) is 7.74. The predicted molar refractivity (Wildman–Crippen MR) is 121 cm³/mol. The van der Waals surface area contributed by atoms with E-state index in [4.69, 9.17) is 11.6 Å². The lowest BCUT2D eigenvalue weighted by Crippen LogP contribution is -2.38. The molecule has 0 saturated carbocycles. The van der Waals surface area contributed by atoms with Crippen molar-refractivity contribution in [1.82, 2.24) is 5.32 Å². The standard InChI is InChI=1S/C26H26ClNO2/c1-15-23(16(2)29)24(25-21(28-15)13-26(3,4)14-22(25)30)18-10-8-17(9-11-18)19-6-5-7-20(27)12-19/h5-12,24,28H,13-14H2,1-4H3. The maximum absolute atomic E-state index is 13.2. The summed E-state index contributed by atoms with van der Waals surface area (Å²) in [6.07, 6.45) is 1.29. The van der Waals surface area contributed by atoms with E-state index in [0.29, 0.717) is 17.0 Å². The highest BCUT2D eigenvalue weighted by Crippen LogP contribution is 2.46. The number of hydrogen-bond acceptors (Lipinski definition) is 3. The molecule has 1 aliphatic carbocycles. The first kappa shape index (κ1) is 20.6. The maximum atomic E-state index is 13.2. The number of dihydropyridines is 1. The first-order valence-electron chi connectivity index (χ1n) is 10.3. The molecule has 4 rings (SSSR count). The number of rotatable bonds is 3. The van der Waals surface area contributed by atoms with Crippen molar-refractivity contribution in [2.75, 3.05) is 0 Å². The van der Waals surface area contributed by atoms with Gasteiger partial charge in [0.25, 0.3) is 0 Å². The quantitative estimate of drug-likeness (QED) is 0.644. The summed E-state index contributed by atoms with van der Waals surface area (Å²) in [4.78, 5) is 25.8. The maximum Gasteiger partial charge on any atom is 0.162 e. The van der Waals surface area contributed by atoms with Crippen LogP contribution in [0.25, 0.3) is 11.1 Å². The minimum Gasteiger partial charge on any atom is -0.362 e. The molecule has 4 heteroatoms. The number of Topliss-reactive ketones (excluding diaryl/α,β-unsaturated/α-hetero) is 2. The molecule has 1 unspecified atom stereocenters. The van der Waals surface area contributed by atoms with Gasteiger partial charge in [-0.1, -0.05) is 61.8 Å². The Morgan fingerprint density at radius 3 is 2.40 bits per heavy atom. The zero-order valence-electron chi connectivity index (χ0n) is 17.8. The van der Waals surface area contributed by atoms with Crippen LogP contribution in [0, 0.1) is 5.41 Å². The van der Waals surface area contributed by atoms with Crippen molar-refractivity contribution in [3.8, 4) is 11.1 Å². The van der Waals surface area contributed by atoms with Crippen LogP contribution in [-0.2, 0) is 9.59 Å². The lowest BCUT2D eigenvalue weighted by molar-refractivity contribution is -0.118. The van der Waals surface area contributed by atoms with Crippen LogP contribution in [0.1, 0.15) is 52.0 Å². The van der Waals surface area contributed by atoms with E-state index in [0.717, 1.165) is 40.1 Å². The second kappa shape index (κ2) is 7.55. The molecule has 0 aromatic heterocycles. The van der Waals surface area contributed by atoms with Crippen molar-refractivity contribution in [2.24, 2.45) is 5.41 Å². The fourth-order valence-electron chi connectivity index (χ4n) is 4.77. The molecule has 0 fully saturated rings. The van der Waals surface area contributed by atoms with Crippen LogP contribution < -0.4 is 5.32 Å². The fourth-order valence-corrected chi connectivity index (χ4v) is 4.96. The minimum absolute atomic E-state index is 0.00639. The molecular formula is C26H26ClNO2. The molecule has 0 radical (unpaired) electrons. The normalized spacial score (nSPS) is 20.7. The lowest BCUT2D eigenvalue weighted by Gasteiger charge is -2.39. The SMILES string of the molecule is CC(=O)C1=C(C)NC2=C(C(=O)CC(C)(C)C2)C1c1ccc(-c2cccc(Cl)c2)cc1. The van der Waals surface area contributed by atoms with E-state index in [2.05, 4.69) is 19.2 Å². The molecular weight excluding hydrogens is 394 g/mol. The molecule has 30 heavy (non-hydrogen) atoms. The van der Waals surface area contributed by atoms with Gasteiger partial charge in [0.2, 0.25) is 0 Å². The average Bonchev–Trinajstić information content (AvgIpc) is 2.65. The molecule has 2 aliphatic rings. The molecule has 2 aromatic carbocycles. The largest absolute Gasteiger partial charge is 0.362 e. The molecule has 0 spiro atoms. The topological polar surface area (TPSA) is 46.2 Å². The molecule has 2 aromatic rings. The minimum atomic E-state index is -0.323. The lowest BCUT2D eigenvalue weighted by atomic mass is 9.68. The molecule has 0 saturated heterocycles. The van der Waals surface area contributed by atoms with Gasteiger partial charge in [-0.15, -0.1) is 0 Å². The zero-order chi connectivity index (χ0) is 21.6. The number of allylic oxidation sites excluding steroid dienone is 4. The second-order valence-corrected chi connectivity index (χ2v) is 9.55. The van der Waals surface area contributed by atoms with E-state index in [9.17, 15) is 9.59 Å². The van der Waals surface area contributed by atoms with E-state index < -0.39 is 0 Å². The third kappa shape index (κ3) is 3.75. The number of carbonyl (C=O) groups excluding carboxylic acids is 2. The highest BCUT2D eigenvalue weighted by atomic mass is 35.5. The van der Waals surface area contributed by atoms with Crippen LogP contribution >= 0.6 is 11.6 Å². The van der Waals surface area contributed by atoms with Crippen molar-refractivity contribution in [2.45, 2.75) is 46.5 Å². The summed E-state index contributed by atoms with van der Waals surface area (Å²) in [7, 11) is 0. The van der Waals surface area contributed by atoms with Gasteiger partial charge in [0, 0.05) is 39.9 Å². The number of hydrogen-bond donors (Lipinski definition) is 1. The van der Waals surface area contributed by atoms with Gasteiger partial charge in [0.15, 0.2) is 11.6 Å². The molecule has 154 valence electrons. The number of ketones is 2. The van der Waals surface area contributed by atoms with Crippen molar-refractivity contribution in [3.05, 3.63) is 81.7 Å². The summed E-state index contributed by atoms with van der Waals surface area (Å²) < 4.78 is 0. The molecule has 1 atom stereocenters. The first-order chi connectivity index (χ1) is 14.2. The van der Waals surface area contributed by atoms with Gasteiger partial charge in [-0.3, -0.25) is 9.59 Å². The van der Waals surface area contributed by atoms with Crippen LogP contribution in [0.15, 0.2) is 71.1 Å². The van der Waals surface area contributed by atoms with Gasteiger partial charge >= 0.3 is 0 Å². The highest BCUT2D eigenvalue weighted by Gasteiger charge is 2.41. The molecule has 1 N–H and O–H groups in total. The summed E-state index contributed by atoms with van der Waals surface area (Å²) in [5.74, 6) is -0.201. The second-order valence-electron chi connectivity index (χ2n) is 9.12. The van der Waals surface area contributed by atoms with Gasteiger partial charge < -0.3 is 5.32 Å². The highest BCUT2D eigenvalue weighted by molar-refractivity contribution is 6.30. The van der Waals surface area contributed by atoms with Gasteiger partial charge in [0.05, 0.1) is 0 Å². The Labute approximate surface area is 182 Å². The van der Waals surface area contributed by atoms with Crippen LogP contribution in [0.5, 0.6) is 0 Å². The Morgan fingerprint density at radius 1 is 1.07 bits per heavy atom. The zero-order valence-corrected chi connectivity index (χ0v) is 18.6. The van der Waals surface area contributed by atoms with Crippen LogP contribution in [-0.4, -0.2) is 11.6 Å². The number of halogens is 1. The summed E-state index contributed by atoms with van der Waals surface area (Å²) >= 11 is 6.14. The molecule has 3 nitrogen and oxygen atoms in total. The van der Waals surface area contributed by atoms with Gasteiger partial charge in [-0.25, -0.2) is 0 Å². The third-order valence-corrected chi connectivity index (χ3v) is 6.26. The van der Waals surface area contributed by atoms with E-state index in [1.54, 1.807) is 6.92 Å². The van der Waals surface area contributed by atoms with Crippen molar-refractivity contribution in [1.29, 1.82) is 0 Å². The van der Waals surface area contributed by atoms with Crippen LogP contribution in [0.4, 0.5) is 0 Å². The number of nitrogens with one attached hydrogen (secondary N) is 1. The third-order valence-electron chi connectivity index (χ3n) is 6.02. The Hall–Kier alpha value is -2.65. The molecule has 1 heterocycles. The van der Waals surface area contributed by atoms with Crippen molar-refractivity contribution >= 4 is 23.2 Å². The van der Waals surface area contributed by atoms with Gasteiger partial charge in [0.1, 0.15) is 0 Å². The molecule has 0 bridgehead atoms. The summed E-state index contributed by atoms with van der Waals surface area (Å²) in [6, 6.07) is 15.9. The Morgan fingerprint density at radius 2 is 1.77 bits per heavy atom. The Bertz CT molecular complexity index is 1110. The Kier molecular flexibility index (Phi) is 5.19. The van der Waals surface area contributed by atoms with E-state index >= 15 is 0 Å². The van der Waals surface area contributed by atoms with Crippen LogP contribution in [0.3, 0.4) is 0 Å². The average molecular weight is 420 g/mol. The fraction of sp³-hybridized carbons (Fsp3) is 0.308. The van der Waals surface area contributed by atoms with Crippen molar-refractivity contribution < 1.29 is 9.59 Å². The van der Waals surface area contributed by atoms with Crippen LogP contribution in [0.2, 0.25) is 5.02 Å². The summed E-state index contributed by atoms with van der Waals surface area (Å²) in [5.41, 5.74) is 6.19. The van der Waals surface area contributed by atoms with Crippen molar-refractivity contribution in [3.63, 3.8) is 0 Å². The van der Waals surface area contributed by atoms with Gasteiger partial charge in [-0.2, -0.15) is 0 Å². The smallest absolute Gasteiger partial charge is 0.162 e. The number of carbonyl (C=O) groups is 2. The first-order valence-corrected chi connectivity index (χ1v) is 10.6. The summed E-state index contributed by atoms with van der Waals surface area (Å²) in [5, 5.41) is 4.07. The van der Waals surface area contributed by atoms with E-state index in [1.165, 1.54) is 0 Å².